The number of hydrogen-bond acceptors (Lipinski definition) is 4. The maximum atomic E-state index is 12.8. The van der Waals surface area contributed by atoms with Gasteiger partial charge in [0, 0.05) is 18.3 Å². The second-order valence-corrected chi connectivity index (χ2v) is 8.88. The summed E-state index contributed by atoms with van der Waals surface area (Å²) in [6.07, 6.45) is 5.92. The highest BCUT2D eigenvalue weighted by Crippen LogP contribution is 2.24. The molecule has 28 heavy (non-hydrogen) atoms. The molecule has 3 N–H and O–H groups in total. The lowest BCUT2D eigenvalue weighted by molar-refractivity contribution is 0.0697. The Bertz CT molecular complexity index is 905. The average Bonchev–Trinajstić information content (AvgIpc) is 2.95. The van der Waals surface area contributed by atoms with Crippen molar-refractivity contribution in [1.82, 2.24) is 4.72 Å². The van der Waals surface area contributed by atoms with Crippen LogP contribution in [0.4, 0.5) is 5.69 Å². The van der Waals surface area contributed by atoms with Gasteiger partial charge in [0.25, 0.3) is 0 Å². The number of carboxylic acid groups (broad SMARTS) is 1. The second-order valence-electron chi connectivity index (χ2n) is 7.16. The summed E-state index contributed by atoms with van der Waals surface area (Å²) in [5.41, 5.74) is 1.34. The summed E-state index contributed by atoms with van der Waals surface area (Å²) in [4.78, 5) is 11.7. The highest BCUT2D eigenvalue weighted by Gasteiger charge is 2.23. The number of anilines is 1. The fourth-order valence-electron chi connectivity index (χ4n) is 3.50. The zero-order valence-electron chi connectivity index (χ0n) is 15.7. The van der Waals surface area contributed by atoms with Gasteiger partial charge in [0.05, 0.1) is 10.5 Å². The van der Waals surface area contributed by atoms with Crippen molar-refractivity contribution in [3.63, 3.8) is 0 Å². The van der Waals surface area contributed by atoms with E-state index < -0.39 is 16.0 Å². The summed E-state index contributed by atoms with van der Waals surface area (Å²) in [5, 5.41) is 12.6. The number of sulfonamides is 1. The molecule has 0 heterocycles. The van der Waals surface area contributed by atoms with Crippen LogP contribution >= 0.6 is 0 Å². The van der Waals surface area contributed by atoms with Crippen molar-refractivity contribution in [2.75, 3.05) is 5.32 Å². The molecule has 0 atom stereocenters. The Balaban J connectivity index is 1.78. The van der Waals surface area contributed by atoms with Crippen molar-refractivity contribution in [1.29, 1.82) is 0 Å². The van der Waals surface area contributed by atoms with Crippen molar-refractivity contribution in [3.8, 4) is 0 Å². The normalized spacial score (nSPS) is 15.7. The van der Waals surface area contributed by atoms with Crippen LogP contribution in [0.5, 0.6) is 0 Å². The maximum absolute atomic E-state index is 12.8. The third kappa shape index (κ3) is 5.33. The fourth-order valence-corrected chi connectivity index (χ4v) is 4.83. The number of hydrogen-bond donors (Lipinski definition) is 3. The van der Waals surface area contributed by atoms with Gasteiger partial charge in [-0.2, -0.15) is 0 Å². The molecule has 0 amide bonds. The third-order valence-electron chi connectivity index (χ3n) is 5.03. The van der Waals surface area contributed by atoms with Crippen LogP contribution < -0.4 is 10.0 Å². The lowest BCUT2D eigenvalue weighted by atomic mass is 10.1. The molecule has 0 aromatic heterocycles. The summed E-state index contributed by atoms with van der Waals surface area (Å²) < 4.78 is 28.3. The summed E-state index contributed by atoms with van der Waals surface area (Å²) in [6, 6.07) is 13.7. The van der Waals surface area contributed by atoms with Crippen LogP contribution in [0.2, 0.25) is 0 Å². The monoisotopic (exact) mass is 402 g/mol. The average molecular weight is 403 g/mol. The second kappa shape index (κ2) is 9.21. The third-order valence-corrected chi connectivity index (χ3v) is 6.55. The molecule has 0 bridgehead atoms. The van der Waals surface area contributed by atoms with Crippen LogP contribution in [0, 0.1) is 0 Å². The van der Waals surface area contributed by atoms with Crippen LogP contribution in [0.25, 0.3) is 0 Å². The first-order valence-corrected chi connectivity index (χ1v) is 11.1. The maximum Gasteiger partial charge on any atom is 0.337 e. The molecule has 0 aliphatic heterocycles. The van der Waals surface area contributed by atoms with E-state index in [1.165, 1.54) is 18.2 Å². The van der Waals surface area contributed by atoms with E-state index in [1.54, 1.807) is 0 Å². The fraction of sp³-hybridized carbons (Fsp3) is 0.381. The Morgan fingerprint density at radius 2 is 1.68 bits per heavy atom. The summed E-state index contributed by atoms with van der Waals surface area (Å²) in [6.45, 7) is 0.452. The lowest BCUT2D eigenvalue weighted by Crippen LogP contribution is -2.34. The molecule has 0 radical (unpaired) electrons. The number of nitrogens with one attached hydrogen (secondary N) is 2. The predicted molar refractivity (Wildman–Crippen MR) is 109 cm³/mol. The van der Waals surface area contributed by atoms with E-state index in [2.05, 4.69) is 10.0 Å². The van der Waals surface area contributed by atoms with Crippen LogP contribution in [0.1, 0.15) is 54.4 Å². The number of carboxylic acids is 1. The minimum Gasteiger partial charge on any atom is -0.478 e. The first kappa shape index (κ1) is 20.4. The van der Waals surface area contributed by atoms with E-state index in [1.807, 2.05) is 30.3 Å². The van der Waals surface area contributed by atoms with Gasteiger partial charge in [-0.3, -0.25) is 0 Å². The molecule has 1 saturated carbocycles. The molecule has 1 fully saturated rings. The molecule has 3 rings (SSSR count). The topological polar surface area (TPSA) is 95.5 Å². The van der Waals surface area contributed by atoms with Gasteiger partial charge in [0.1, 0.15) is 0 Å². The zero-order chi connectivity index (χ0) is 20.0. The van der Waals surface area contributed by atoms with Crippen molar-refractivity contribution in [2.45, 2.75) is 56.0 Å². The van der Waals surface area contributed by atoms with Crippen LogP contribution in [-0.4, -0.2) is 25.5 Å². The van der Waals surface area contributed by atoms with Crippen LogP contribution in [0.15, 0.2) is 53.4 Å². The summed E-state index contributed by atoms with van der Waals surface area (Å²) in [5.74, 6) is -1.16. The van der Waals surface area contributed by atoms with Crippen LogP contribution in [-0.2, 0) is 16.6 Å². The highest BCUT2D eigenvalue weighted by atomic mass is 32.2. The molecule has 2 aromatic rings. The van der Waals surface area contributed by atoms with E-state index in [0.717, 1.165) is 44.1 Å². The largest absolute Gasteiger partial charge is 0.478 e. The molecule has 0 saturated heterocycles. The van der Waals surface area contributed by atoms with Gasteiger partial charge in [-0.15, -0.1) is 0 Å². The molecular formula is C21H26N2O4S. The Morgan fingerprint density at radius 1 is 1.00 bits per heavy atom. The molecule has 2 aromatic carbocycles. The number of benzene rings is 2. The number of rotatable bonds is 7. The molecule has 7 heteroatoms. The van der Waals surface area contributed by atoms with E-state index in [-0.39, 0.29) is 16.5 Å². The van der Waals surface area contributed by atoms with Crippen molar-refractivity contribution in [2.24, 2.45) is 0 Å². The molecule has 1 aliphatic rings. The molecule has 6 nitrogen and oxygen atoms in total. The molecule has 150 valence electrons. The predicted octanol–water partition coefficient (Wildman–Crippen LogP) is 4.00. The first-order chi connectivity index (χ1) is 13.5. The van der Waals surface area contributed by atoms with Gasteiger partial charge in [-0.25, -0.2) is 17.9 Å². The summed E-state index contributed by atoms with van der Waals surface area (Å²) in [7, 11) is -3.76. The minimum atomic E-state index is -3.76. The minimum absolute atomic E-state index is 0.0144. The van der Waals surface area contributed by atoms with Crippen LogP contribution in [0.3, 0.4) is 0 Å². The van der Waals surface area contributed by atoms with Gasteiger partial charge in [0.15, 0.2) is 0 Å². The number of aromatic carboxylic acids is 1. The quantitative estimate of drug-likeness (QED) is 0.609. The molecular weight excluding hydrogens is 376 g/mol. The Morgan fingerprint density at radius 3 is 2.32 bits per heavy atom. The van der Waals surface area contributed by atoms with E-state index in [0.29, 0.717) is 12.2 Å². The zero-order valence-corrected chi connectivity index (χ0v) is 16.5. The van der Waals surface area contributed by atoms with Gasteiger partial charge >= 0.3 is 5.97 Å². The molecule has 0 unspecified atom stereocenters. The van der Waals surface area contributed by atoms with E-state index >= 15 is 0 Å². The highest BCUT2D eigenvalue weighted by molar-refractivity contribution is 7.89. The molecule has 0 spiro atoms. The Labute approximate surface area is 166 Å². The van der Waals surface area contributed by atoms with Gasteiger partial charge in [0.2, 0.25) is 10.0 Å². The lowest BCUT2D eigenvalue weighted by Gasteiger charge is -2.17. The van der Waals surface area contributed by atoms with E-state index in [9.17, 15) is 18.3 Å². The standard InChI is InChI=1S/C21H26N2O4S/c24-21(25)19-14-18(28(26,27)23-17-10-6-1-2-7-11-17)12-13-20(19)22-15-16-8-4-3-5-9-16/h3-5,8-9,12-14,17,22-23H,1-2,6-7,10-11,15H2,(H,24,25). The van der Waals surface area contributed by atoms with Gasteiger partial charge in [-0.05, 0) is 36.6 Å². The SMILES string of the molecule is O=C(O)c1cc(S(=O)(=O)NC2CCCCCC2)ccc1NCc1ccccc1. The Kier molecular flexibility index (Phi) is 6.70. The first-order valence-electron chi connectivity index (χ1n) is 9.63. The van der Waals surface area contributed by atoms with Crippen molar-refractivity contribution in [3.05, 3.63) is 59.7 Å². The van der Waals surface area contributed by atoms with Crippen molar-refractivity contribution >= 4 is 21.7 Å². The number of carbonyl (C=O) groups is 1. The van der Waals surface area contributed by atoms with Crippen molar-refractivity contribution < 1.29 is 18.3 Å². The van der Waals surface area contributed by atoms with Gasteiger partial charge in [-0.1, -0.05) is 56.0 Å². The molecule has 1 aliphatic carbocycles. The summed E-state index contributed by atoms with van der Waals surface area (Å²) >= 11 is 0. The van der Waals surface area contributed by atoms with E-state index in [4.69, 9.17) is 0 Å². The Hall–Kier alpha value is -2.38. The smallest absolute Gasteiger partial charge is 0.337 e. The van der Waals surface area contributed by atoms with Gasteiger partial charge < -0.3 is 10.4 Å².